The van der Waals surface area contributed by atoms with Crippen LogP contribution < -0.4 is 19.5 Å². The molecule has 3 aromatic carbocycles. The van der Waals surface area contributed by atoms with Crippen LogP contribution >= 0.6 is 0 Å². The summed E-state index contributed by atoms with van der Waals surface area (Å²) in [6.07, 6.45) is 6.61. The number of carbonyl (C=O) groups excluding carboxylic acids is 1. The molecule has 1 N–H and O–H groups in total. The Morgan fingerprint density at radius 3 is 2.42 bits per heavy atom. The van der Waals surface area contributed by atoms with Crippen LogP contribution in [0.4, 0.5) is 5.69 Å². The highest BCUT2D eigenvalue weighted by molar-refractivity contribution is 6.02. The van der Waals surface area contributed by atoms with Crippen LogP contribution in [0, 0.1) is 0 Å². The highest BCUT2D eigenvalue weighted by Gasteiger charge is 2.06. The molecule has 0 saturated carbocycles. The molecule has 0 unspecified atom stereocenters. The van der Waals surface area contributed by atoms with Gasteiger partial charge in [0.25, 0.3) is 0 Å². The lowest BCUT2D eigenvalue weighted by molar-refractivity contribution is -0.111. The van der Waals surface area contributed by atoms with Crippen LogP contribution in [0.1, 0.15) is 37.3 Å². The van der Waals surface area contributed by atoms with Gasteiger partial charge in [0.05, 0.1) is 13.7 Å². The zero-order valence-corrected chi connectivity index (χ0v) is 19.3. The minimum Gasteiger partial charge on any atom is -0.494 e. The maximum Gasteiger partial charge on any atom is 0.248 e. The van der Waals surface area contributed by atoms with Crippen molar-refractivity contribution in [3.63, 3.8) is 0 Å². The van der Waals surface area contributed by atoms with E-state index in [4.69, 9.17) is 14.2 Å². The third-order valence-corrected chi connectivity index (χ3v) is 4.99. The summed E-state index contributed by atoms with van der Waals surface area (Å²) >= 11 is 0. The van der Waals surface area contributed by atoms with Crippen LogP contribution in [0.15, 0.2) is 78.9 Å². The number of hydrogen-bond donors (Lipinski definition) is 1. The highest BCUT2D eigenvalue weighted by atomic mass is 16.5. The molecule has 0 aliphatic heterocycles. The summed E-state index contributed by atoms with van der Waals surface area (Å²) in [6, 6.07) is 22.9. The topological polar surface area (TPSA) is 56.8 Å². The first-order valence-corrected chi connectivity index (χ1v) is 11.2. The second kappa shape index (κ2) is 13.0. The third-order valence-electron chi connectivity index (χ3n) is 4.99. The van der Waals surface area contributed by atoms with Crippen molar-refractivity contribution in [2.45, 2.75) is 32.8 Å². The molecule has 0 spiro atoms. The summed E-state index contributed by atoms with van der Waals surface area (Å²) in [4.78, 5) is 12.3. The number of methoxy groups -OCH3 is 1. The van der Waals surface area contributed by atoms with Gasteiger partial charge in [-0.1, -0.05) is 56.2 Å². The molecule has 0 saturated heterocycles. The molecule has 5 nitrogen and oxygen atoms in total. The molecule has 0 fully saturated rings. The summed E-state index contributed by atoms with van der Waals surface area (Å²) in [5.41, 5.74) is 2.63. The van der Waals surface area contributed by atoms with E-state index in [-0.39, 0.29) is 5.91 Å². The molecule has 0 radical (unpaired) electrons. The second-order valence-corrected chi connectivity index (χ2v) is 7.59. The lowest BCUT2D eigenvalue weighted by Gasteiger charge is -2.11. The quantitative estimate of drug-likeness (QED) is 0.256. The fourth-order valence-corrected chi connectivity index (χ4v) is 3.17. The van der Waals surface area contributed by atoms with Crippen molar-refractivity contribution < 1.29 is 19.0 Å². The number of benzene rings is 3. The van der Waals surface area contributed by atoms with Crippen molar-refractivity contribution >= 4 is 17.7 Å². The summed E-state index contributed by atoms with van der Waals surface area (Å²) in [5, 5.41) is 2.86. The van der Waals surface area contributed by atoms with E-state index in [0.29, 0.717) is 30.4 Å². The molecule has 0 heterocycles. The highest BCUT2D eigenvalue weighted by Crippen LogP contribution is 2.29. The smallest absolute Gasteiger partial charge is 0.248 e. The van der Waals surface area contributed by atoms with Gasteiger partial charge in [-0.05, 0) is 60.0 Å². The Morgan fingerprint density at radius 2 is 1.70 bits per heavy atom. The van der Waals surface area contributed by atoms with Crippen LogP contribution in [-0.4, -0.2) is 19.6 Å². The van der Waals surface area contributed by atoms with Crippen molar-refractivity contribution in [1.29, 1.82) is 0 Å². The van der Waals surface area contributed by atoms with Crippen LogP contribution in [-0.2, 0) is 11.4 Å². The average Bonchev–Trinajstić information content (AvgIpc) is 2.86. The molecule has 5 heteroatoms. The maximum atomic E-state index is 12.3. The number of rotatable bonds is 12. The van der Waals surface area contributed by atoms with Gasteiger partial charge >= 0.3 is 0 Å². The summed E-state index contributed by atoms with van der Waals surface area (Å²) < 4.78 is 17.0. The Balaban J connectivity index is 1.52. The van der Waals surface area contributed by atoms with Crippen LogP contribution in [0.25, 0.3) is 6.08 Å². The van der Waals surface area contributed by atoms with E-state index >= 15 is 0 Å². The number of anilines is 1. The lowest BCUT2D eigenvalue weighted by atomic mass is 10.2. The van der Waals surface area contributed by atoms with Crippen LogP contribution in [0.3, 0.4) is 0 Å². The normalized spacial score (nSPS) is 10.7. The first kappa shape index (κ1) is 23.9. The van der Waals surface area contributed by atoms with E-state index in [1.165, 1.54) is 12.5 Å². The Morgan fingerprint density at radius 1 is 0.909 bits per heavy atom. The summed E-state index contributed by atoms with van der Waals surface area (Å²) in [5.74, 6) is 1.86. The van der Waals surface area contributed by atoms with Gasteiger partial charge in [-0.2, -0.15) is 0 Å². The molecular formula is C28H31NO4. The van der Waals surface area contributed by atoms with Gasteiger partial charge in [0.2, 0.25) is 5.91 Å². The average molecular weight is 446 g/mol. The lowest BCUT2D eigenvalue weighted by Crippen LogP contribution is -2.07. The number of nitrogens with one attached hydrogen (secondary N) is 1. The molecule has 1 amide bonds. The predicted octanol–water partition coefficient (Wildman–Crippen LogP) is 6.50. The van der Waals surface area contributed by atoms with Gasteiger partial charge in [-0.3, -0.25) is 4.79 Å². The molecule has 0 aromatic heterocycles. The standard InChI is InChI=1S/C28H31NO4/c1-3-4-8-19-32-25-15-13-24(14-16-25)29-28(30)18-12-22-11-17-26(27(20-22)31-2)33-21-23-9-6-5-7-10-23/h5-7,9-18,20H,3-4,8,19,21H2,1-2H3,(H,29,30)/b18-12+. The molecule has 0 aliphatic rings. The van der Waals surface area contributed by atoms with Gasteiger partial charge in [-0.25, -0.2) is 0 Å². The van der Waals surface area contributed by atoms with Gasteiger partial charge in [-0.15, -0.1) is 0 Å². The molecule has 172 valence electrons. The molecule has 0 aliphatic carbocycles. The van der Waals surface area contributed by atoms with Crippen molar-refractivity contribution in [3.8, 4) is 17.2 Å². The zero-order valence-electron chi connectivity index (χ0n) is 19.3. The number of hydrogen-bond acceptors (Lipinski definition) is 4. The fourth-order valence-electron chi connectivity index (χ4n) is 3.17. The molecule has 0 atom stereocenters. The monoisotopic (exact) mass is 445 g/mol. The van der Waals surface area contributed by atoms with E-state index in [1.54, 1.807) is 13.2 Å². The largest absolute Gasteiger partial charge is 0.494 e. The minimum atomic E-state index is -0.213. The van der Waals surface area contributed by atoms with E-state index in [2.05, 4.69) is 12.2 Å². The summed E-state index contributed by atoms with van der Waals surface area (Å²) in [6.45, 7) is 3.33. The zero-order chi connectivity index (χ0) is 23.3. The Kier molecular flexibility index (Phi) is 9.40. The number of ether oxygens (including phenoxy) is 3. The van der Waals surface area contributed by atoms with Crippen molar-refractivity contribution in [3.05, 3.63) is 90.0 Å². The Labute approximate surface area is 196 Å². The molecule has 0 bridgehead atoms. The van der Waals surface area contributed by atoms with E-state index in [0.717, 1.165) is 29.7 Å². The second-order valence-electron chi connectivity index (χ2n) is 7.59. The Hall–Kier alpha value is -3.73. The van der Waals surface area contributed by atoms with Gasteiger partial charge in [0.15, 0.2) is 11.5 Å². The van der Waals surface area contributed by atoms with Crippen molar-refractivity contribution in [2.24, 2.45) is 0 Å². The SMILES string of the molecule is CCCCCOc1ccc(NC(=O)/C=C/c2ccc(OCc3ccccc3)c(OC)c2)cc1. The van der Waals surface area contributed by atoms with Gasteiger partial charge in [0, 0.05) is 11.8 Å². The van der Waals surface area contributed by atoms with E-state index < -0.39 is 0 Å². The number of unbranched alkanes of at least 4 members (excludes halogenated alkanes) is 2. The fraction of sp³-hybridized carbons (Fsp3) is 0.250. The first-order chi connectivity index (χ1) is 16.2. The van der Waals surface area contributed by atoms with E-state index in [1.807, 2.05) is 72.8 Å². The van der Waals surface area contributed by atoms with E-state index in [9.17, 15) is 4.79 Å². The minimum absolute atomic E-state index is 0.213. The molecular weight excluding hydrogens is 414 g/mol. The van der Waals surface area contributed by atoms with Gasteiger partial charge in [0.1, 0.15) is 12.4 Å². The van der Waals surface area contributed by atoms with Crippen molar-refractivity contribution in [1.82, 2.24) is 0 Å². The number of amides is 1. The van der Waals surface area contributed by atoms with Crippen LogP contribution in [0.2, 0.25) is 0 Å². The van der Waals surface area contributed by atoms with Crippen molar-refractivity contribution in [2.75, 3.05) is 19.0 Å². The molecule has 3 aromatic rings. The maximum absolute atomic E-state index is 12.3. The summed E-state index contributed by atoms with van der Waals surface area (Å²) in [7, 11) is 1.60. The van der Waals surface area contributed by atoms with Crippen LogP contribution in [0.5, 0.6) is 17.2 Å². The molecule has 33 heavy (non-hydrogen) atoms. The third kappa shape index (κ3) is 8.04. The van der Waals surface area contributed by atoms with Gasteiger partial charge < -0.3 is 19.5 Å². The predicted molar refractivity (Wildman–Crippen MR) is 133 cm³/mol. The number of carbonyl (C=O) groups is 1. The Bertz CT molecular complexity index is 1030. The first-order valence-electron chi connectivity index (χ1n) is 11.2. The molecule has 3 rings (SSSR count).